The Morgan fingerprint density at radius 1 is 0.307 bits per heavy atom. The van der Waals surface area contributed by atoms with Crippen molar-refractivity contribution in [3.8, 4) is 0 Å². The number of aliphatic hydroxyl groups is 2. The number of aliphatic hydroxyl groups excluding tert-OH is 2. The highest BCUT2D eigenvalue weighted by atomic mass is 16.5. The molecule has 0 aromatic rings. The van der Waals surface area contributed by atoms with Gasteiger partial charge in [0.1, 0.15) is 0 Å². The summed E-state index contributed by atoms with van der Waals surface area (Å²) in [6.45, 7) is 5.02. The van der Waals surface area contributed by atoms with Crippen molar-refractivity contribution in [2.75, 3.05) is 13.2 Å². The minimum absolute atomic E-state index is 0.0249. The van der Waals surface area contributed by atoms with Gasteiger partial charge in [-0.3, -0.25) is 9.59 Å². The predicted molar refractivity (Wildman–Crippen MR) is 389 cm³/mol. The molecule has 0 fully saturated rings. The first-order chi connectivity index (χ1) is 43.5. The molecule has 6 heteroatoms. The number of carbonyl (C=O) groups excluding carboxylic acids is 2. The summed E-state index contributed by atoms with van der Waals surface area (Å²) in [6, 6.07) is -0.539. The lowest BCUT2D eigenvalue weighted by atomic mass is 10.0. The van der Waals surface area contributed by atoms with Gasteiger partial charge in [-0.25, -0.2) is 0 Å². The van der Waals surface area contributed by atoms with E-state index in [0.717, 1.165) is 38.5 Å². The Labute approximate surface area is 552 Å². The number of allylic oxidation sites excluding steroid dienone is 2. The van der Waals surface area contributed by atoms with Crippen molar-refractivity contribution in [1.29, 1.82) is 0 Å². The monoisotopic (exact) mass is 1240 g/mol. The smallest absolute Gasteiger partial charge is 0.305 e. The van der Waals surface area contributed by atoms with Gasteiger partial charge < -0.3 is 20.3 Å². The fourth-order valence-electron chi connectivity index (χ4n) is 13.3. The Bertz CT molecular complexity index is 1340. The predicted octanol–water partition coefficient (Wildman–Crippen LogP) is 27.1. The van der Waals surface area contributed by atoms with Crippen molar-refractivity contribution in [2.45, 2.75) is 488 Å². The molecular weight excluding hydrogens is 1080 g/mol. The van der Waals surface area contributed by atoms with Crippen molar-refractivity contribution in [2.24, 2.45) is 0 Å². The van der Waals surface area contributed by atoms with E-state index in [4.69, 9.17) is 4.74 Å². The SMILES string of the molecule is CCCCCCCCCCCCCCCCCCCCCC(=O)OCCCCCCCCCCCCCC/C=C\CCCCCCCCCCCCCCCCCCCC(=O)NC(CO)C(O)CCCCCCCCCCCCCCCCCCCCC. The van der Waals surface area contributed by atoms with Crippen molar-refractivity contribution in [1.82, 2.24) is 5.32 Å². The van der Waals surface area contributed by atoms with Gasteiger partial charge in [-0.05, 0) is 51.4 Å². The highest BCUT2D eigenvalue weighted by Crippen LogP contribution is 2.21. The lowest BCUT2D eigenvalue weighted by Gasteiger charge is -2.22. The fraction of sp³-hybridized carbons (Fsp3) is 0.951. The van der Waals surface area contributed by atoms with Crippen LogP contribution >= 0.6 is 0 Å². The number of nitrogens with one attached hydrogen (secondary N) is 1. The van der Waals surface area contributed by atoms with E-state index in [-0.39, 0.29) is 18.5 Å². The van der Waals surface area contributed by atoms with E-state index in [1.807, 2.05) is 0 Å². The molecule has 524 valence electrons. The Balaban J connectivity index is 3.33. The van der Waals surface area contributed by atoms with E-state index < -0.39 is 12.1 Å². The third kappa shape index (κ3) is 73.6. The zero-order valence-corrected chi connectivity index (χ0v) is 60.3. The number of hydrogen-bond acceptors (Lipinski definition) is 5. The summed E-state index contributed by atoms with van der Waals surface area (Å²) in [4.78, 5) is 24.7. The molecule has 1 amide bonds. The van der Waals surface area contributed by atoms with Crippen molar-refractivity contribution in [3.05, 3.63) is 12.2 Å². The van der Waals surface area contributed by atoms with Crippen LogP contribution in [0.3, 0.4) is 0 Å². The first kappa shape index (κ1) is 86.6. The maximum Gasteiger partial charge on any atom is 0.305 e. The van der Waals surface area contributed by atoms with Gasteiger partial charge in [0, 0.05) is 12.8 Å². The van der Waals surface area contributed by atoms with Crippen LogP contribution in [0.4, 0.5) is 0 Å². The molecule has 0 saturated heterocycles. The van der Waals surface area contributed by atoms with Crippen LogP contribution in [0.15, 0.2) is 12.2 Å². The van der Waals surface area contributed by atoms with Gasteiger partial charge in [-0.2, -0.15) is 0 Å². The van der Waals surface area contributed by atoms with Crippen LogP contribution in [0.2, 0.25) is 0 Å². The van der Waals surface area contributed by atoms with Crippen LogP contribution in [0, 0.1) is 0 Å². The van der Waals surface area contributed by atoms with Gasteiger partial charge in [0.05, 0.1) is 25.4 Å². The minimum Gasteiger partial charge on any atom is -0.466 e. The first-order valence-corrected chi connectivity index (χ1v) is 40.9. The second-order valence-electron chi connectivity index (χ2n) is 28.5. The number of ether oxygens (including phenoxy) is 1. The molecule has 0 spiro atoms. The minimum atomic E-state index is -0.662. The van der Waals surface area contributed by atoms with Crippen molar-refractivity contribution >= 4 is 11.9 Å². The van der Waals surface area contributed by atoms with Crippen LogP contribution < -0.4 is 5.32 Å². The molecule has 0 rings (SSSR count). The topological polar surface area (TPSA) is 95.9 Å². The zero-order valence-electron chi connectivity index (χ0n) is 60.3. The van der Waals surface area contributed by atoms with Gasteiger partial charge in [0.15, 0.2) is 0 Å². The van der Waals surface area contributed by atoms with E-state index in [2.05, 4.69) is 31.3 Å². The summed E-state index contributed by atoms with van der Waals surface area (Å²) in [5, 5.41) is 23.4. The van der Waals surface area contributed by atoms with E-state index in [0.29, 0.717) is 25.9 Å². The Kier molecular flexibility index (Phi) is 76.8. The Morgan fingerprint density at radius 3 is 0.807 bits per heavy atom. The number of rotatable bonds is 78. The maximum absolute atomic E-state index is 12.6. The van der Waals surface area contributed by atoms with Crippen LogP contribution in [0.25, 0.3) is 0 Å². The summed E-state index contributed by atoms with van der Waals surface area (Å²) in [5.74, 6) is -0.00162. The van der Waals surface area contributed by atoms with E-state index in [1.54, 1.807) is 0 Å². The second kappa shape index (κ2) is 78.0. The average molecular weight is 1240 g/mol. The van der Waals surface area contributed by atoms with E-state index in [1.165, 1.54) is 405 Å². The highest BCUT2D eigenvalue weighted by molar-refractivity contribution is 5.76. The number of unbranched alkanes of at least 4 members (excludes halogenated alkanes) is 65. The van der Waals surface area contributed by atoms with Crippen LogP contribution in [0.5, 0.6) is 0 Å². The summed E-state index contributed by atoms with van der Waals surface area (Å²) in [7, 11) is 0. The molecule has 3 N–H and O–H groups in total. The van der Waals surface area contributed by atoms with Gasteiger partial charge in [-0.1, -0.05) is 424 Å². The molecule has 0 bridgehead atoms. The molecule has 88 heavy (non-hydrogen) atoms. The molecule has 0 saturated carbocycles. The van der Waals surface area contributed by atoms with Crippen molar-refractivity contribution < 1.29 is 24.5 Å². The molecule has 0 aliphatic heterocycles. The van der Waals surface area contributed by atoms with Gasteiger partial charge >= 0.3 is 5.97 Å². The normalized spacial score (nSPS) is 12.5. The number of carbonyl (C=O) groups is 2. The number of hydrogen-bond donors (Lipinski definition) is 3. The van der Waals surface area contributed by atoms with Crippen LogP contribution in [-0.2, 0) is 14.3 Å². The highest BCUT2D eigenvalue weighted by Gasteiger charge is 2.20. The molecule has 6 nitrogen and oxygen atoms in total. The molecular formula is C82H161NO5. The number of amides is 1. The molecule has 0 aliphatic carbocycles. The number of esters is 1. The molecule has 2 unspecified atom stereocenters. The summed E-state index contributed by atoms with van der Waals surface area (Å²) in [6.07, 6.45) is 98.9. The largest absolute Gasteiger partial charge is 0.466 e. The van der Waals surface area contributed by atoms with E-state index >= 15 is 0 Å². The summed E-state index contributed by atoms with van der Waals surface area (Å²) < 4.78 is 5.52. The third-order valence-corrected chi connectivity index (χ3v) is 19.6. The van der Waals surface area contributed by atoms with Crippen LogP contribution in [-0.4, -0.2) is 47.4 Å². The second-order valence-corrected chi connectivity index (χ2v) is 28.5. The molecule has 0 radical (unpaired) electrons. The average Bonchev–Trinajstić information content (AvgIpc) is 3.58. The van der Waals surface area contributed by atoms with Crippen molar-refractivity contribution in [3.63, 3.8) is 0 Å². The fourth-order valence-corrected chi connectivity index (χ4v) is 13.3. The molecule has 0 aliphatic rings. The lowest BCUT2D eigenvalue weighted by Crippen LogP contribution is -2.45. The maximum atomic E-state index is 12.6. The quantitative estimate of drug-likeness (QED) is 0.0320. The van der Waals surface area contributed by atoms with Gasteiger partial charge in [-0.15, -0.1) is 0 Å². The summed E-state index contributed by atoms with van der Waals surface area (Å²) >= 11 is 0. The third-order valence-electron chi connectivity index (χ3n) is 19.6. The first-order valence-electron chi connectivity index (χ1n) is 40.9. The van der Waals surface area contributed by atoms with Gasteiger partial charge in [0.25, 0.3) is 0 Å². The molecule has 2 atom stereocenters. The standard InChI is InChI=1S/C82H161NO5/c1-3-5-7-9-11-13-15-17-19-21-38-42-46-50-54-58-62-66-70-74-80(85)79(78-84)83-81(86)75-71-67-63-59-55-51-47-43-40-36-34-32-30-28-26-24-23-25-27-29-31-33-35-37-41-45-49-53-57-61-65-69-73-77-88-82(87)76-72-68-64-60-56-52-48-44-39-22-20-18-16-14-12-10-8-6-4-2/h27,29,79-80,84-85H,3-26,28,30-78H2,1-2H3,(H,83,86)/b29-27-. The van der Waals surface area contributed by atoms with Crippen LogP contribution in [0.1, 0.15) is 476 Å². The zero-order chi connectivity index (χ0) is 63.5. The molecule has 0 aromatic heterocycles. The lowest BCUT2D eigenvalue weighted by molar-refractivity contribution is -0.143. The van der Waals surface area contributed by atoms with Gasteiger partial charge in [0.2, 0.25) is 5.91 Å². The Hall–Kier alpha value is -1.40. The Morgan fingerprint density at radius 2 is 0.534 bits per heavy atom. The van der Waals surface area contributed by atoms with E-state index in [9.17, 15) is 19.8 Å². The molecule has 0 heterocycles. The molecule has 0 aromatic carbocycles. The summed E-state index contributed by atoms with van der Waals surface area (Å²) in [5.41, 5.74) is 0.